The van der Waals surface area contributed by atoms with Gasteiger partial charge in [-0.05, 0) is 5.56 Å². The van der Waals surface area contributed by atoms with Crippen molar-refractivity contribution in [2.75, 3.05) is 0 Å². The number of amides is 2. The SMILES string of the molecule is O=C(CC(=O)N/N=C\c1ccccc1)NO. The molecule has 0 unspecified atom stereocenters. The highest BCUT2D eigenvalue weighted by Gasteiger charge is 2.06. The van der Waals surface area contributed by atoms with E-state index in [9.17, 15) is 9.59 Å². The Morgan fingerprint density at radius 1 is 1.25 bits per heavy atom. The van der Waals surface area contributed by atoms with E-state index < -0.39 is 18.2 Å². The smallest absolute Gasteiger partial charge is 0.252 e. The normalized spacial score (nSPS) is 10.1. The van der Waals surface area contributed by atoms with Gasteiger partial charge in [-0.2, -0.15) is 5.10 Å². The molecular formula is C10H11N3O3. The summed E-state index contributed by atoms with van der Waals surface area (Å²) in [5.74, 6) is -1.38. The molecule has 0 spiro atoms. The summed E-state index contributed by atoms with van der Waals surface area (Å²) in [5.41, 5.74) is 4.34. The number of nitrogens with one attached hydrogen (secondary N) is 2. The number of rotatable bonds is 4. The molecule has 6 heteroatoms. The zero-order chi connectivity index (χ0) is 11.8. The highest BCUT2D eigenvalue weighted by molar-refractivity contribution is 5.96. The van der Waals surface area contributed by atoms with E-state index in [1.54, 1.807) is 0 Å². The van der Waals surface area contributed by atoms with E-state index in [4.69, 9.17) is 5.21 Å². The number of hydroxylamine groups is 1. The topological polar surface area (TPSA) is 90.8 Å². The first-order valence-electron chi connectivity index (χ1n) is 4.52. The first-order valence-corrected chi connectivity index (χ1v) is 4.52. The van der Waals surface area contributed by atoms with Crippen molar-refractivity contribution >= 4 is 18.0 Å². The molecule has 84 valence electrons. The van der Waals surface area contributed by atoms with Crippen LogP contribution in [0.3, 0.4) is 0 Å². The van der Waals surface area contributed by atoms with Gasteiger partial charge in [-0.25, -0.2) is 10.9 Å². The van der Waals surface area contributed by atoms with Gasteiger partial charge in [0.2, 0.25) is 5.91 Å². The van der Waals surface area contributed by atoms with Gasteiger partial charge in [0.25, 0.3) is 5.91 Å². The van der Waals surface area contributed by atoms with Gasteiger partial charge in [0.05, 0.1) is 6.21 Å². The Morgan fingerprint density at radius 2 is 1.94 bits per heavy atom. The second-order valence-corrected chi connectivity index (χ2v) is 2.92. The van der Waals surface area contributed by atoms with Crippen molar-refractivity contribution < 1.29 is 14.8 Å². The number of carbonyl (C=O) groups is 2. The summed E-state index contributed by atoms with van der Waals surface area (Å²) in [4.78, 5) is 21.6. The Balaban J connectivity index is 2.37. The fourth-order valence-corrected chi connectivity index (χ4v) is 0.943. The molecular weight excluding hydrogens is 210 g/mol. The number of nitrogens with zero attached hydrogens (tertiary/aromatic N) is 1. The zero-order valence-corrected chi connectivity index (χ0v) is 8.38. The number of carbonyl (C=O) groups excluding carboxylic acids is 2. The van der Waals surface area contributed by atoms with E-state index in [1.165, 1.54) is 11.7 Å². The van der Waals surface area contributed by atoms with Crippen molar-refractivity contribution in [1.29, 1.82) is 0 Å². The molecule has 0 bridgehead atoms. The number of benzene rings is 1. The highest BCUT2D eigenvalue weighted by Crippen LogP contribution is 1.93. The van der Waals surface area contributed by atoms with Gasteiger partial charge in [0.1, 0.15) is 6.42 Å². The predicted molar refractivity (Wildman–Crippen MR) is 56.7 cm³/mol. The summed E-state index contributed by atoms with van der Waals surface area (Å²) in [7, 11) is 0. The van der Waals surface area contributed by atoms with Crippen LogP contribution < -0.4 is 10.9 Å². The maximum Gasteiger partial charge on any atom is 0.252 e. The lowest BCUT2D eigenvalue weighted by atomic mass is 10.2. The van der Waals surface area contributed by atoms with Crippen LogP contribution >= 0.6 is 0 Å². The molecule has 1 aromatic rings. The molecule has 0 atom stereocenters. The lowest BCUT2D eigenvalue weighted by molar-refractivity contribution is -0.134. The third-order valence-electron chi connectivity index (χ3n) is 1.65. The van der Waals surface area contributed by atoms with E-state index in [0.717, 1.165) is 5.56 Å². The van der Waals surface area contributed by atoms with Gasteiger partial charge in [0.15, 0.2) is 0 Å². The quantitative estimate of drug-likeness (QED) is 0.290. The minimum Gasteiger partial charge on any atom is -0.289 e. The van der Waals surface area contributed by atoms with E-state index in [2.05, 4.69) is 10.5 Å². The Hall–Kier alpha value is -2.21. The van der Waals surface area contributed by atoms with Crippen LogP contribution in [0.5, 0.6) is 0 Å². The minimum absolute atomic E-state index is 0.470. The summed E-state index contributed by atoms with van der Waals surface area (Å²) >= 11 is 0. The monoisotopic (exact) mass is 221 g/mol. The van der Waals surface area contributed by atoms with Crippen molar-refractivity contribution in [2.45, 2.75) is 6.42 Å². The van der Waals surface area contributed by atoms with Crippen molar-refractivity contribution in [3.63, 3.8) is 0 Å². The average molecular weight is 221 g/mol. The standard InChI is InChI=1S/C10H11N3O3/c14-9(6-10(15)13-16)12-11-7-8-4-2-1-3-5-8/h1-5,7,16H,6H2,(H,12,14)(H,13,15)/b11-7-. The summed E-state index contributed by atoms with van der Waals surface area (Å²) in [6.45, 7) is 0. The van der Waals surface area contributed by atoms with Crippen LogP contribution in [0.1, 0.15) is 12.0 Å². The molecule has 0 saturated heterocycles. The predicted octanol–water partition coefficient (Wildman–Crippen LogP) is 0.0322. The summed E-state index contributed by atoms with van der Waals surface area (Å²) in [6.07, 6.45) is 0.984. The molecule has 6 nitrogen and oxygen atoms in total. The Bertz CT molecular complexity index is 390. The number of hydrogen-bond acceptors (Lipinski definition) is 4. The van der Waals surface area contributed by atoms with Crippen LogP contribution in [0.25, 0.3) is 0 Å². The Morgan fingerprint density at radius 3 is 2.56 bits per heavy atom. The number of hydrazone groups is 1. The van der Waals surface area contributed by atoms with Crippen LogP contribution in [-0.2, 0) is 9.59 Å². The molecule has 3 N–H and O–H groups in total. The van der Waals surface area contributed by atoms with Gasteiger partial charge in [-0.1, -0.05) is 30.3 Å². The Kier molecular flexibility index (Phi) is 4.68. The molecule has 0 heterocycles. The molecule has 0 aliphatic heterocycles. The third kappa shape index (κ3) is 4.34. The highest BCUT2D eigenvalue weighted by atomic mass is 16.5. The summed E-state index contributed by atoms with van der Waals surface area (Å²) in [6, 6.07) is 9.17. The molecule has 0 aliphatic carbocycles. The minimum atomic E-state index is -0.785. The second kappa shape index (κ2) is 6.31. The lowest BCUT2D eigenvalue weighted by Crippen LogP contribution is -2.27. The van der Waals surface area contributed by atoms with Gasteiger partial charge >= 0.3 is 0 Å². The fraction of sp³-hybridized carbons (Fsp3) is 0.100. The van der Waals surface area contributed by atoms with Crippen molar-refractivity contribution in [2.24, 2.45) is 5.10 Å². The van der Waals surface area contributed by atoms with E-state index in [1.807, 2.05) is 30.3 Å². The maximum absolute atomic E-state index is 11.0. The fourth-order valence-electron chi connectivity index (χ4n) is 0.943. The molecule has 1 rings (SSSR count). The largest absolute Gasteiger partial charge is 0.289 e. The third-order valence-corrected chi connectivity index (χ3v) is 1.65. The zero-order valence-electron chi connectivity index (χ0n) is 8.38. The van der Waals surface area contributed by atoms with E-state index >= 15 is 0 Å². The molecule has 0 radical (unpaired) electrons. The molecule has 16 heavy (non-hydrogen) atoms. The van der Waals surface area contributed by atoms with Crippen molar-refractivity contribution in [3.05, 3.63) is 35.9 Å². The molecule has 2 amide bonds. The molecule has 1 aromatic carbocycles. The molecule has 0 aliphatic rings. The molecule has 0 saturated carbocycles. The van der Waals surface area contributed by atoms with Crippen LogP contribution in [0.15, 0.2) is 35.4 Å². The van der Waals surface area contributed by atoms with Crippen molar-refractivity contribution in [1.82, 2.24) is 10.9 Å². The van der Waals surface area contributed by atoms with E-state index in [0.29, 0.717) is 0 Å². The number of hydrogen-bond donors (Lipinski definition) is 3. The van der Waals surface area contributed by atoms with Crippen molar-refractivity contribution in [3.8, 4) is 0 Å². The molecule has 0 fully saturated rings. The molecule has 0 aromatic heterocycles. The second-order valence-electron chi connectivity index (χ2n) is 2.92. The van der Waals surface area contributed by atoms with Gasteiger partial charge in [-0.15, -0.1) is 0 Å². The maximum atomic E-state index is 11.0. The van der Waals surface area contributed by atoms with Crippen LogP contribution in [-0.4, -0.2) is 23.2 Å². The van der Waals surface area contributed by atoms with Gasteiger partial charge in [-0.3, -0.25) is 14.8 Å². The van der Waals surface area contributed by atoms with Gasteiger partial charge < -0.3 is 0 Å². The van der Waals surface area contributed by atoms with Gasteiger partial charge in [0, 0.05) is 0 Å². The van der Waals surface area contributed by atoms with E-state index in [-0.39, 0.29) is 0 Å². The Labute approximate surface area is 91.9 Å². The lowest BCUT2D eigenvalue weighted by Gasteiger charge is -1.97. The van der Waals surface area contributed by atoms with Crippen LogP contribution in [0.4, 0.5) is 0 Å². The first-order chi connectivity index (χ1) is 7.72. The summed E-state index contributed by atoms with van der Waals surface area (Å²) < 4.78 is 0. The first kappa shape index (κ1) is 11.9. The van der Waals surface area contributed by atoms with Crippen LogP contribution in [0.2, 0.25) is 0 Å². The summed E-state index contributed by atoms with van der Waals surface area (Å²) in [5, 5.41) is 11.8. The average Bonchev–Trinajstić information content (AvgIpc) is 2.30. The van der Waals surface area contributed by atoms with Crippen LogP contribution in [0, 0.1) is 0 Å².